The van der Waals surface area contributed by atoms with E-state index in [9.17, 15) is 9.50 Å². The summed E-state index contributed by atoms with van der Waals surface area (Å²) in [6, 6.07) is 4.64. The number of halogens is 2. The molecule has 0 saturated carbocycles. The van der Waals surface area contributed by atoms with Crippen molar-refractivity contribution in [3.63, 3.8) is 0 Å². The van der Waals surface area contributed by atoms with E-state index >= 15 is 0 Å². The third kappa shape index (κ3) is 3.02. The summed E-state index contributed by atoms with van der Waals surface area (Å²) in [5.74, 6) is 0.00498. The molecule has 0 radical (unpaired) electrons. The molecule has 0 fully saturated rings. The first-order chi connectivity index (χ1) is 6.93. The standard InChI is InChI=1S/C12H16BrFO/c1-7(2)8(3)12(15)10-6-9(13)4-5-11(10)14/h4-8,12,15H,1-3H3. The van der Waals surface area contributed by atoms with Crippen LogP contribution < -0.4 is 0 Å². The summed E-state index contributed by atoms with van der Waals surface area (Å²) in [6.45, 7) is 5.96. The highest BCUT2D eigenvalue weighted by Crippen LogP contribution is 2.30. The number of hydrogen-bond acceptors (Lipinski definition) is 1. The molecule has 15 heavy (non-hydrogen) atoms. The van der Waals surface area contributed by atoms with Crippen molar-refractivity contribution in [3.05, 3.63) is 34.1 Å². The molecular formula is C12H16BrFO. The van der Waals surface area contributed by atoms with Crippen LogP contribution in [0.5, 0.6) is 0 Å². The summed E-state index contributed by atoms with van der Waals surface area (Å²) in [6.07, 6.45) is -0.748. The average Bonchev–Trinajstić information content (AvgIpc) is 2.19. The van der Waals surface area contributed by atoms with Crippen LogP contribution in [0, 0.1) is 17.7 Å². The molecule has 0 aliphatic carbocycles. The zero-order chi connectivity index (χ0) is 11.6. The van der Waals surface area contributed by atoms with Crippen molar-refractivity contribution in [1.82, 2.24) is 0 Å². The van der Waals surface area contributed by atoms with E-state index in [-0.39, 0.29) is 11.7 Å². The van der Waals surface area contributed by atoms with Gasteiger partial charge in [0, 0.05) is 10.0 Å². The van der Waals surface area contributed by atoms with E-state index in [1.54, 1.807) is 12.1 Å². The highest BCUT2D eigenvalue weighted by atomic mass is 79.9. The molecule has 1 rings (SSSR count). The van der Waals surface area contributed by atoms with Crippen molar-refractivity contribution in [1.29, 1.82) is 0 Å². The van der Waals surface area contributed by atoms with Gasteiger partial charge in [0.15, 0.2) is 0 Å². The largest absolute Gasteiger partial charge is 0.388 e. The minimum atomic E-state index is -0.748. The van der Waals surface area contributed by atoms with E-state index in [1.807, 2.05) is 20.8 Å². The van der Waals surface area contributed by atoms with Gasteiger partial charge in [-0.1, -0.05) is 36.7 Å². The predicted molar refractivity (Wildman–Crippen MR) is 63.1 cm³/mol. The minimum absolute atomic E-state index is 0.0359. The van der Waals surface area contributed by atoms with E-state index < -0.39 is 6.10 Å². The van der Waals surface area contributed by atoms with Gasteiger partial charge in [0.1, 0.15) is 5.82 Å². The van der Waals surface area contributed by atoms with Crippen molar-refractivity contribution < 1.29 is 9.50 Å². The Morgan fingerprint density at radius 2 is 1.87 bits per heavy atom. The minimum Gasteiger partial charge on any atom is -0.388 e. The maximum atomic E-state index is 13.5. The monoisotopic (exact) mass is 274 g/mol. The number of aliphatic hydroxyl groups excluding tert-OH is 1. The molecule has 0 spiro atoms. The van der Waals surface area contributed by atoms with Crippen molar-refractivity contribution in [3.8, 4) is 0 Å². The van der Waals surface area contributed by atoms with Crippen LogP contribution in [0.2, 0.25) is 0 Å². The molecule has 3 heteroatoms. The normalized spacial score (nSPS) is 15.4. The number of aliphatic hydroxyl groups is 1. The Kier molecular flexibility index (Phi) is 4.29. The van der Waals surface area contributed by atoms with E-state index in [1.165, 1.54) is 6.07 Å². The van der Waals surface area contributed by atoms with Crippen molar-refractivity contribution in [2.24, 2.45) is 11.8 Å². The molecule has 0 amide bonds. The first kappa shape index (κ1) is 12.7. The van der Waals surface area contributed by atoms with Crippen molar-refractivity contribution in [2.45, 2.75) is 26.9 Å². The van der Waals surface area contributed by atoms with Gasteiger partial charge in [-0.25, -0.2) is 4.39 Å². The Bertz CT molecular complexity index is 338. The molecule has 1 aromatic carbocycles. The topological polar surface area (TPSA) is 20.2 Å². The maximum Gasteiger partial charge on any atom is 0.129 e. The number of benzene rings is 1. The fourth-order valence-electron chi connectivity index (χ4n) is 1.39. The number of rotatable bonds is 3. The Hall–Kier alpha value is -0.410. The summed E-state index contributed by atoms with van der Waals surface area (Å²) in [7, 11) is 0. The highest BCUT2D eigenvalue weighted by molar-refractivity contribution is 9.10. The summed E-state index contributed by atoms with van der Waals surface area (Å²) in [4.78, 5) is 0. The first-order valence-corrected chi connectivity index (χ1v) is 5.85. The van der Waals surface area contributed by atoms with Gasteiger partial charge in [0.05, 0.1) is 6.10 Å². The Labute approximate surface area is 98.4 Å². The predicted octanol–water partition coefficient (Wildman–Crippen LogP) is 3.91. The summed E-state index contributed by atoms with van der Waals surface area (Å²) >= 11 is 3.27. The van der Waals surface area contributed by atoms with Gasteiger partial charge in [-0.05, 0) is 30.0 Å². The second-order valence-electron chi connectivity index (χ2n) is 4.21. The number of hydrogen-bond donors (Lipinski definition) is 1. The van der Waals surface area contributed by atoms with Crippen LogP contribution >= 0.6 is 15.9 Å². The van der Waals surface area contributed by atoms with Gasteiger partial charge in [0.2, 0.25) is 0 Å². The Morgan fingerprint density at radius 3 is 2.40 bits per heavy atom. The zero-order valence-corrected chi connectivity index (χ0v) is 10.8. The van der Waals surface area contributed by atoms with Gasteiger partial charge < -0.3 is 5.11 Å². The fourth-order valence-corrected chi connectivity index (χ4v) is 1.77. The first-order valence-electron chi connectivity index (χ1n) is 5.06. The lowest BCUT2D eigenvalue weighted by Crippen LogP contribution is -2.16. The SMILES string of the molecule is CC(C)C(C)C(O)c1cc(Br)ccc1F. The Morgan fingerprint density at radius 1 is 1.27 bits per heavy atom. The molecular weight excluding hydrogens is 259 g/mol. The van der Waals surface area contributed by atoms with E-state index in [2.05, 4.69) is 15.9 Å². The summed E-state index contributed by atoms with van der Waals surface area (Å²) in [5, 5.41) is 10.0. The van der Waals surface area contributed by atoms with Gasteiger partial charge in [-0.3, -0.25) is 0 Å². The quantitative estimate of drug-likeness (QED) is 0.886. The van der Waals surface area contributed by atoms with Gasteiger partial charge in [-0.15, -0.1) is 0 Å². The van der Waals surface area contributed by atoms with Crippen molar-refractivity contribution in [2.75, 3.05) is 0 Å². The maximum absolute atomic E-state index is 13.5. The molecule has 2 unspecified atom stereocenters. The van der Waals surface area contributed by atoms with E-state index in [0.29, 0.717) is 11.5 Å². The molecule has 2 atom stereocenters. The zero-order valence-electron chi connectivity index (χ0n) is 9.17. The molecule has 1 nitrogen and oxygen atoms in total. The van der Waals surface area contributed by atoms with Crippen LogP contribution in [-0.4, -0.2) is 5.11 Å². The summed E-state index contributed by atoms with van der Waals surface area (Å²) < 4.78 is 14.2. The molecule has 1 N–H and O–H groups in total. The van der Waals surface area contributed by atoms with Crippen LogP contribution in [0.1, 0.15) is 32.4 Å². The van der Waals surface area contributed by atoms with Crippen molar-refractivity contribution >= 4 is 15.9 Å². The molecule has 0 aromatic heterocycles. The Balaban J connectivity index is 2.99. The third-order valence-electron chi connectivity index (χ3n) is 2.83. The van der Waals surface area contributed by atoms with Gasteiger partial charge in [0.25, 0.3) is 0 Å². The second-order valence-corrected chi connectivity index (χ2v) is 5.13. The van der Waals surface area contributed by atoms with E-state index in [0.717, 1.165) is 4.47 Å². The lowest BCUT2D eigenvalue weighted by atomic mass is 9.88. The highest BCUT2D eigenvalue weighted by Gasteiger charge is 2.22. The summed E-state index contributed by atoms with van der Waals surface area (Å²) in [5.41, 5.74) is 0.366. The second kappa shape index (κ2) is 5.08. The average molecular weight is 275 g/mol. The van der Waals surface area contributed by atoms with Crippen LogP contribution in [0.25, 0.3) is 0 Å². The molecule has 0 heterocycles. The third-order valence-corrected chi connectivity index (χ3v) is 3.32. The van der Waals surface area contributed by atoms with Crippen LogP contribution in [0.15, 0.2) is 22.7 Å². The fraction of sp³-hybridized carbons (Fsp3) is 0.500. The van der Waals surface area contributed by atoms with Crippen LogP contribution in [0.3, 0.4) is 0 Å². The molecule has 0 aliphatic rings. The lowest BCUT2D eigenvalue weighted by molar-refractivity contribution is 0.0886. The lowest BCUT2D eigenvalue weighted by Gasteiger charge is -2.23. The van der Waals surface area contributed by atoms with Crippen LogP contribution in [0.4, 0.5) is 4.39 Å². The van der Waals surface area contributed by atoms with Crippen LogP contribution in [-0.2, 0) is 0 Å². The smallest absolute Gasteiger partial charge is 0.129 e. The molecule has 0 bridgehead atoms. The molecule has 0 saturated heterocycles. The van der Waals surface area contributed by atoms with E-state index in [4.69, 9.17) is 0 Å². The molecule has 1 aromatic rings. The van der Waals surface area contributed by atoms with Gasteiger partial charge in [-0.2, -0.15) is 0 Å². The molecule has 0 aliphatic heterocycles. The van der Waals surface area contributed by atoms with Gasteiger partial charge >= 0.3 is 0 Å². The molecule has 84 valence electrons.